The largest absolute Gasteiger partial charge is 0.386 e. The molecule has 1 aromatic heterocycles. The molecule has 1 aromatic carbocycles. The number of thiophene rings is 1. The first-order valence-corrected chi connectivity index (χ1v) is 11.5. The maximum Gasteiger partial charge on any atom is 0.191 e. The molecule has 1 fully saturated rings. The fourth-order valence-electron chi connectivity index (χ4n) is 3.97. The standard InChI is InChI=1S/C22H31ClN4OS/c1-3-24-22(26-15-19(28)17-9-4-5-10-18(17)23)25-14-16-8-6-12-27(2)21(16)20-11-7-13-29-20/h4-5,7,9-11,13,16,19,21,28H,3,6,8,12,14-15H2,1-2H3,(H2,24,25,26). The van der Waals surface area contributed by atoms with Gasteiger partial charge in [0.1, 0.15) is 6.10 Å². The number of likely N-dealkylation sites (tertiary alicyclic amines) is 1. The molecule has 3 N–H and O–H groups in total. The van der Waals surface area contributed by atoms with Gasteiger partial charge in [0.15, 0.2) is 5.96 Å². The number of hydrogen-bond acceptors (Lipinski definition) is 4. The molecule has 0 bridgehead atoms. The predicted octanol–water partition coefficient (Wildman–Crippen LogP) is 4.07. The van der Waals surface area contributed by atoms with Crippen LogP contribution in [-0.4, -0.2) is 49.2 Å². The van der Waals surface area contributed by atoms with Crippen molar-refractivity contribution in [1.29, 1.82) is 0 Å². The highest BCUT2D eigenvalue weighted by atomic mass is 35.5. The average molecular weight is 435 g/mol. The first-order chi connectivity index (χ1) is 14.1. The van der Waals surface area contributed by atoms with Crippen LogP contribution in [0.3, 0.4) is 0 Å². The summed E-state index contributed by atoms with van der Waals surface area (Å²) in [4.78, 5) is 8.49. The Bertz CT molecular complexity index is 783. The normalized spacial score (nSPS) is 21.7. The fraction of sp³-hybridized carbons (Fsp3) is 0.500. The molecule has 3 atom stereocenters. The van der Waals surface area contributed by atoms with Crippen LogP contribution < -0.4 is 10.6 Å². The summed E-state index contributed by atoms with van der Waals surface area (Å²) in [5, 5.41) is 20.0. The van der Waals surface area contributed by atoms with Gasteiger partial charge >= 0.3 is 0 Å². The number of benzene rings is 1. The van der Waals surface area contributed by atoms with Crippen molar-refractivity contribution in [2.24, 2.45) is 10.9 Å². The Kier molecular flexibility index (Phi) is 8.36. The minimum Gasteiger partial charge on any atom is -0.386 e. The Hall–Kier alpha value is -1.60. The van der Waals surface area contributed by atoms with Crippen LogP contribution in [0.4, 0.5) is 0 Å². The number of aliphatic hydroxyl groups excluding tert-OH is 1. The summed E-state index contributed by atoms with van der Waals surface area (Å²) >= 11 is 8.03. The van der Waals surface area contributed by atoms with Gasteiger partial charge in [0.05, 0.1) is 6.54 Å². The first kappa shape index (κ1) is 22.1. The zero-order valence-electron chi connectivity index (χ0n) is 17.1. The van der Waals surface area contributed by atoms with Gasteiger partial charge in [0.2, 0.25) is 0 Å². The molecule has 0 radical (unpaired) electrons. The lowest BCUT2D eigenvalue weighted by Gasteiger charge is -2.39. The molecular weight excluding hydrogens is 404 g/mol. The van der Waals surface area contributed by atoms with Crippen LogP contribution in [0.5, 0.6) is 0 Å². The van der Waals surface area contributed by atoms with Gasteiger partial charge in [-0.05, 0) is 56.8 Å². The Morgan fingerprint density at radius 1 is 1.31 bits per heavy atom. The molecule has 1 aliphatic heterocycles. The highest BCUT2D eigenvalue weighted by Crippen LogP contribution is 2.36. The van der Waals surface area contributed by atoms with E-state index in [1.54, 1.807) is 6.07 Å². The van der Waals surface area contributed by atoms with Crippen LogP contribution in [0.1, 0.15) is 42.4 Å². The van der Waals surface area contributed by atoms with Gasteiger partial charge in [-0.3, -0.25) is 9.89 Å². The molecule has 0 amide bonds. The van der Waals surface area contributed by atoms with Crippen LogP contribution >= 0.6 is 22.9 Å². The van der Waals surface area contributed by atoms with Gasteiger partial charge in [-0.15, -0.1) is 11.3 Å². The predicted molar refractivity (Wildman–Crippen MR) is 123 cm³/mol. The SMILES string of the molecule is CCNC(=NCC(O)c1ccccc1Cl)NCC1CCCN(C)C1c1cccs1. The van der Waals surface area contributed by atoms with E-state index in [4.69, 9.17) is 11.6 Å². The summed E-state index contributed by atoms with van der Waals surface area (Å²) in [6, 6.07) is 12.2. The zero-order valence-corrected chi connectivity index (χ0v) is 18.7. The molecule has 3 rings (SSSR count). The smallest absolute Gasteiger partial charge is 0.191 e. The second-order valence-corrected chi connectivity index (χ2v) is 8.87. The summed E-state index contributed by atoms with van der Waals surface area (Å²) in [7, 11) is 2.22. The van der Waals surface area contributed by atoms with E-state index in [1.807, 2.05) is 36.5 Å². The Morgan fingerprint density at radius 2 is 2.14 bits per heavy atom. The molecular formula is C22H31ClN4OS. The van der Waals surface area contributed by atoms with Crippen LogP contribution in [0.15, 0.2) is 46.8 Å². The Labute approximate surface area is 182 Å². The van der Waals surface area contributed by atoms with Crippen molar-refractivity contribution in [3.8, 4) is 0 Å². The van der Waals surface area contributed by atoms with Crippen molar-refractivity contribution >= 4 is 28.9 Å². The maximum absolute atomic E-state index is 10.5. The Balaban J connectivity index is 1.63. The van der Waals surface area contributed by atoms with E-state index < -0.39 is 6.10 Å². The lowest BCUT2D eigenvalue weighted by atomic mass is 9.88. The second kappa shape index (κ2) is 11.0. The molecule has 0 spiro atoms. The molecule has 2 aromatic rings. The number of nitrogens with zero attached hydrogens (tertiary/aromatic N) is 2. The molecule has 0 aliphatic carbocycles. The number of piperidine rings is 1. The number of rotatable bonds is 7. The van der Waals surface area contributed by atoms with Crippen molar-refractivity contribution < 1.29 is 5.11 Å². The quantitative estimate of drug-likeness (QED) is 0.454. The third kappa shape index (κ3) is 5.95. The van der Waals surface area contributed by atoms with E-state index in [1.165, 1.54) is 17.7 Å². The summed E-state index contributed by atoms with van der Waals surface area (Å²) in [5.74, 6) is 1.25. The van der Waals surface area contributed by atoms with E-state index in [-0.39, 0.29) is 6.54 Å². The van der Waals surface area contributed by atoms with Crippen molar-refractivity contribution in [3.05, 3.63) is 57.2 Å². The van der Waals surface area contributed by atoms with Gasteiger partial charge in [0.25, 0.3) is 0 Å². The minimum absolute atomic E-state index is 0.262. The first-order valence-electron chi connectivity index (χ1n) is 10.3. The van der Waals surface area contributed by atoms with E-state index in [9.17, 15) is 5.11 Å². The minimum atomic E-state index is -0.723. The molecule has 29 heavy (non-hydrogen) atoms. The molecule has 158 valence electrons. The van der Waals surface area contributed by atoms with E-state index >= 15 is 0 Å². The highest BCUT2D eigenvalue weighted by Gasteiger charge is 2.31. The number of guanidine groups is 1. The molecule has 2 heterocycles. The van der Waals surface area contributed by atoms with Crippen molar-refractivity contribution in [2.75, 3.05) is 33.2 Å². The molecule has 3 unspecified atom stereocenters. The fourth-order valence-corrected chi connectivity index (χ4v) is 5.22. The maximum atomic E-state index is 10.5. The van der Waals surface area contributed by atoms with Crippen LogP contribution in [0.2, 0.25) is 5.02 Å². The molecule has 1 aliphatic rings. The van der Waals surface area contributed by atoms with Gasteiger partial charge in [0, 0.05) is 34.6 Å². The summed E-state index contributed by atoms with van der Waals surface area (Å²) in [6.07, 6.45) is 1.68. The average Bonchev–Trinajstić information content (AvgIpc) is 3.24. The molecule has 7 heteroatoms. The topological polar surface area (TPSA) is 59.9 Å². The third-order valence-electron chi connectivity index (χ3n) is 5.40. The van der Waals surface area contributed by atoms with Crippen molar-refractivity contribution in [2.45, 2.75) is 31.9 Å². The van der Waals surface area contributed by atoms with Gasteiger partial charge in [-0.1, -0.05) is 35.9 Å². The molecule has 0 saturated carbocycles. The number of hydrogen-bond donors (Lipinski definition) is 3. The van der Waals surface area contributed by atoms with Gasteiger partial charge in [-0.2, -0.15) is 0 Å². The van der Waals surface area contributed by atoms with Gasteiger partial charge in [-0.25, -0.2) is 0 Å². The lowest BCUT2D eigenvalue weighted by Crippen LogP contribution is -2.45. The highest BCUT2D eigenvalue weighted by molar-refractivity contribution is 7.10. The summed E-state index contributed by atoms with van der Waals surface area (Å²) in [5.41, 5.74) is 0.709. The van der Waals surface area contributed by atoms with Gasteiger partial charge < -0.3 is 15.7 Å². The number of aliphatic hydroxyl groups is 1. The van der Waals surface area contributed by atoms with Crippen molar-refractivity contribution in [1.82, 2.24) is 15.5 Å². The van der Waals surface area contributed by atoms with Crippen LogP contribution in [-0.2, 0) is 0 Å². The second-order valence-electron chi connectivity index (χ2n) is 7.48. The monoisotopic (exact) mass is 434 g/mol. The number of aliphatic imine (C=N–C) groups is 1. The zero-order chi connectivity index (χ0) is 20.6. The summed E-state index contributed by atoms with van der Waals surface area (Å²) in [6.45, 7) is 5.06. The van der Waals surface area contributed by atoms with E-state index in [0.29, 0.717) is 22.5 Å². The van der Waals surface area contributed by atoms with Crippen molar-refractivity contribution in [3.63, 3.8) is 0 Å². The van der Waals surface area contributed by atoms with E-state index in [0.717, 1.165) is 25.6 Å². The Morgan fingerprint density at radius 3 is 2.86 bits per heavy atom. The van der Waals surface area contributed by atoms with E-state index in [2.05, 4.69) is 45.1 Å². The van der Waals surface area contributed by atoms with Crippen LogP contribution in [0, 0.1) is 5.92 Å². The lowest BCUT2D eigenvalue weighted by molar-refractivity contribution is 0.125. The molecule has 1 saturated heterocycles. The third-order valence-corrected chi connectivity index (χ3v) is 6.69. The molecule has 5 nitrogen and oxygen atoms in total. The number of nitrogens with one attached hydrogen (secondary N) is 2. The van der Waals surface area contributed by atoms with Crippen LogP contribution in [0.25, 0.3) is 0 Å². The number of halogens is 1. The summed E-state index contributed by atoms with van der Waals surface area (Å²) < 4.78 is 0.